The van der Waals surface area contributed by atoms with Crippen LogP contribution in [-0.2, 0) is 11.3 Å². The molecule has 0 amide bonds. The van der Waals surface area contributed by atoms with Crippen LogP contribution in [-0.4, -0.2) is 40.1 Å². The van der Waals surface area contributed by atoms with Gasteiger partial charge in [0.1, 0.15) is 5.78 Å². The minimum atomic E-state index is 0.217. The molecule has 0 saturated carbocycles. The van der Waals surface area contributed by atoms with Crippen molar-refractivity contribution < 1.29 is 4.79 Å². The monoisotopic (exact) mass is 319 g/mol. The van der Waals surface area contributed by atoms with Crippen molar-refractivity contribution in [3.05, 3.63) is 18.0 Å². The lowest BCUT2D eigenvalue weighted by atomic mass is 9.96. The van der Waals surface area contributed by atoms with Gasteiger partial charge >= 0.3 is 0 Å². The normalized spacial score (nSPS) is 20.8. The van der Waals surface area contributed by atoms with Crippen molar-refractivity contribution in [3.63, 3.8) is 0 Å². The third-order valence-electron chi connectivity index (χ3n) is 5.20. The van der Waals surface area contributed by atoms with Crippen LogP contribution in [0.15, 0.2) is 12.4 Å². The van der Waals surface area contributed by atoms with E-state index < -0.39 is 0 Å². The lowest BCUT2D eigenvalue weighted by molar-refractivity contribution is -0.122. The number of aromatic nitrogens is 2. The van der Waals surface area contributed by atoms with Crippen molar-refractivity contribution in [2.75, 3.05) is 19.6 Å². The number of hydrogen-bond acceptors (Lipinski definition) is 3. The van der Waals surface area contributed by atoms with Gasteiger partial charge in [0.05, 0.1) is 6.20 Å². The minimum absolute atomic E-state index is 0.217. The highest BCUT2D eigenvalue weighted by Crippen LogP contribution is 2.20. The maximum Gasteiger partial charge on any atom is 0.136 e. The number of hydrogen-bond donors (Lipinski definition) is 0. The molecule has 1 fully saturated rings. The molecule has 2 heterocycles. The number of nitrogens with zero attached hydrogens (tertiary/aromatic N) is 3. The van der Waals surface area contributed by atoms with Crippen molar-refractivity contribution >= 4 is 5.78 Å². The van der Waals surface area contributed by atoms with Gasteiger partial charge in [-0.3, -0.25) is 9.48 Å². The van der Waals surface area contributed by atoms with Crippen LogP contribution in [0.2, 0.25) is 0 Å². The van der Waals surface area contributed by atoms with Crippen LogP contribution < -0.4 is 0 Å². The highest BCUT2D eigenvalue weighted by Gasteiger charge is 2.21. The Kier molecular flexibility index (Phi) is 6.82. The number of carbonyl (C=O) groups excluding carboxylic acids is 1. The van der Waals surface area contributed by atoms with Crippen molar-refractivity contribution in [3.8, 4) is 0 Å². The Morgan fingerprint density at radius 2 is 2.17 bits per heavy atom. The molecule has 130 valence electrons. The molecule has 0 spiro atoms. The Balaban J connectivity index is 1.79. The fraction of sp³-hybridized carbons (Fsp3) is 0.789. The number of Topliss-reactive ketones (excluding diaryl/α,β-unsaturated/α-hetero) is 1. The van der Waals surface area contributed by atoms with E-state index in [0.29, 0.717) is 24.0 Å². The second-order valence-corrected chi connectivity index (χ2v) is 7.48. The molecule has 2 rings (SSSR count). The molecular formula is C19H33N3O. The summed E-state index contributed by atoms with van der Waals surface area (Å²) in [5.74, 6) is 1.83. The molecule has 1 saturated heterocycles. The summed E-state index contributed by atoms with van der Waals surface area (Å²) in [4.78, 5) is 14.5. The first kappa shape index (κ1) is 18.2. The Bertz CT molecular complexity index is 495. The minimum Gasteiger partial charge on any atom is -0.303 e. The molecule has 1 aliphatic heterocycles. The van der Waals surface area contributed by atoms with E-state index in [1.165, 1.54) is 18.4 Å². The second kappa shape index (κ2) is 8.62. The zero-order valence-electron chi connectivity index (χ0n) is 15.3. The average Bonchev–Trinajstić information content (AvgIpc) is 3.01. The summed E-state index contributed by atoms with van der Waals surface area (Å²) < 4.78 is 2.10. The summed E-state index contributed by atoms with van der Waals surface area (Å²) in [5.41, 5.74) is 1.32. The molecule has 1 aromatic heterocycles. The summed E-state index contributed by atoms with van der Waals surface area (Å²) in [5, 5.41) is 4.51. The maximum atomic E-state index is 12.0. The average molecular weight is 319 g/mol. The number of likely N-dealkylation sites (tertiary alicyclic amines) is 1. The van der Waals surface area contributed by atoms with Crippen LogP contribution in [0.5, 0.6) is 0 Å². The first-order valence-electron chi connectivity index (χ1n) is 9.27. The van der Waals surface area contributed by atoms with Gasteiger partial charge in [0, 0.05) is 38.2 Å². The first-order valence-corrected chi connectivity index (χ1v) is 9.27. The SMILES string of the molecule is CCC(C)C(=O)CCN1CCC[C@@H](Cn2cc(C(C)C)cn2)C1. The molecule has 0 N–H and O–H groups in total. The van der Waals surface area contributed by atoms with Gasteiger partial charge in [-0.25, -0.2) is 0 Å². The molecule has 0 aliphatic carbocycles. The Morgan fingerprint density at radius 1 is 1.39 bits per heavy atom. The van der Waals surface area contributed by atoms with E-state index in [2.05, 4.69) is 41.6 Å². The molecule has 4 nitrogen and oxygen atoms in total. The fourth-order valence-electron chi connectivity index (χ4n) is 3.29. The molecule has 1 unspecified atom stereocenters. The molecule has 0 bridgehead atoms. The van der Waals surface area contributed by atoms with E-state index >= 15 is 0 Å². The van der Waals surface area contributed by atoms with Crippen molar-refractivity contribution in [1.82, 2.24) is 14.7 Å². The van der Waals surface area contributed by atoms with E-state index in [4.69, 9.17) is 0 Å². The van der Waals surface area contributed by atoms with Crippen LogP contribution in [0.3, 0.4) is 0 Å². The summed E-state index contributed by atoms with van der Waals surface area (Å²) in [6, 6.07) is 0. The van der Waals surface area contributed by atoms with E-state index in [1.807, 2.05) is 13.1 Å². The maximum absolute atomic E-state index is 12.0. The van der Waals surface area contributed by atoms with Gasteiger partial charge in [-0.15, -0.1) is 0 Å². The number of carbonyl (C=O) groups is 1. The zero-order chi connectivity index (χ0) is 16.8. The van der Waals surface area contributed by atoms with Crippen LogP contribution in [0.25, 0.3) is 0 Å². The van der Waals surface area contributed by atoms with Gasteiger partial charge in [0.15, 0.2) is 0 Å². The largest absolute Gasteiger partial charge is 0.303 e. The molecule has 2 atom stereocenters. The lowest BCUT2D eigenvalue weighted by Crippen LogP contribution is -2.38. The number of ketones is 1. The summed E-state index contributed by atoms with van der Waals surface area (Å²) in [7, 11) is 0. The highest BCUT2D eigenvalue weighted by atomic mass is 16.1. The van der Waals surface area contributed by atoms with E-state index in [0.717, 1.165) is 32.6 Å². The summed E-state index contributed by atoms with van der Waals surface area (Å²) >= 11 is 0. The smallest absolute Gasteiger partial charge is 0.136 e. The summed E-state index contributed by atoms with van der Waals surface area (Å²) in [6.07, 6.45) is 8.36. The van der Waals surface area contributed by atoms with Crippen molar-refractivity contribution in [1.29, 1.82) is 0 Å². The van der Waals surface area contributed by atoms with E-state index in [-0.39, 0.29) is 5.92 Å². The Labute approximate surface area is 141 Å². The predicted octanol–water partition coefficient (Wildman–Crippen LogP) is 3.72. The fourth-order valence-corrected chi connectivity index (χ4v) is 3.29. The molecule has 1 aliphatic rings. The second-order valence-electron chi connectivity index (χ2n) is 7.48. The third-order valence-corrected chi connectivity index (χ3v) is 5.20. The van der Waals surface area contributed by atoms with Crippen LogP contribution >= 0.6 is 0 Å². The van der Waals surface area contributed by atoms with Crippen LogP contribution in [0.1, 0.15) is 64.9 Å². The van der Waals surface area contributed by atoms with E-state index in [9.17, 15) is 4.79 Å². The third kappa shape index (κ3) is 5.45. The van der Waals surface area contributed by atoms with Gasteiger partial charge < -0.3 is 4.90 Å². The molecule has 23 heavy (non-hydrogen) atoms. The number of piperidine rings is 1. The molecule has 0 aromatic carbocycles. The number of rotatable bonds is 8. The lowest BCUT2D eigenvalue weighted by Gasteiger charge is -2.32. The first-order chi connectivity index (χ1) is 11.0. The summed E-state index contributed by atoms with van der Waals surface area (Å²) in [6.45, 7) is 12.7. The van der Waals surface area contributed by atoms with Crippen LogP contribution in [0, 0.1) is 11.8 Å². The van der Waals surface area contributed by atoms with E-state index in [1.54, 1.807) is 0 Å². The van der Waals surface area contributed by atoms with Gasteiger partial charge in [0.25, 0.3) is 0 Å². The van der Waals surface area contributed by atoms with Gasteiger partial charge in [-0.05, 0) is 43.2 Å². The highest BCUT2D eigenvalue weighted by molar-refractivity contribution is 5.80. The van der Waals surface area contributed by atoms with Crippen molar-refractivity contribution in [2.45, 2.75) is 65.8 Å². The van der Waals surface area contributed by atoms with Crippen molar-refractivity contribution in [2.24, 2.45) is 11.8 Å². The quantitative estimate of drug-likeness (QED) is 0.733. The molecule has 0 radical (unpaired) electrons. The Hall–Kier alpha value is -1.16. The molecule has 4 heteroatoms. The molecule has 1 aromatic rings. The predicted molar refractivity (Wildman–Crippen MR) is 94.6 cm³/mol. The topological polar surface area (TPSA) is 38.1 Å². The molecular weight excluding hydrogens is 286 g/mol. The standard InChI is InChI=1S/C19H33N3O/c1-5-16(4)19(23)8-10-21-9-6-7-17(12-21)13-22-14-18(11-20-22)15(2)3/h11,14-17H,5-10,12-13H2,1-4H3/t16?,17-/m1/s1. The van der Waals surface area contributed by atoms with Gasteiger partial charge in [-0.1, -0.05) is 27.7 Å². The van der Waals surface area contributed by atoms with Gasteiger partial charge in [-0.2, -0.15) is 5.10 Å². The zero-order valence-corrected chi connectivity index (χ0v) is 15.3. The Morgan fingerprint density at radius 3 is 2.83 bits per heavy atom. The van der Waals surface area contributed by atoms with Crippen LogP contribution in [0.4, 0.5) is 0 Å². The van der Waals surface area contributed by atoms with Gasteiger partial charge in [0.2, 0.25) is 0 Å².